The molecule has 1 amide bonds. The highest BCUT2D eigenvalue weighted by atomic mass is 32.2. The molecule has 1 aromatic heterocycles. The van der Waals surface area contributed by atoms with Crippen molar-refractivity contribution in [1.29, 1.82) is 0 Å². The Morgan fingerprint density at radius 1 is 1.12 bits per heavy atom. The second-order valence-electron chi connectivity index (χ2n) is 6.00. The number of anilines is 1. The lowest BCUT2D eigenvalue weighted by Gasteiger charge is -2.16. The van der Waals surface area contributed by atoms with Crippen LogP contribution < -0.4 is 5.32 Å². The van der Waals surface area contributed by atoms with E-state index in [1.165, 1.54) is 5.70 Å². The van der Waals surface area contributed by atoms with Gasteiger partial charge in [0.2, 0.25) is 0 Å². The predicted octanol–water partition coefficient (Wildman–Crippen LogP) is 2.93. The second-order valence-corrected chi connectivity index (χ2v) is 6.83. The maximum absolute atomic E-state index is 12.5. The summed E-state index contributed by atoms with van der Waals surface area (Å²) in [4.78, 5) is 19.2. The van der Waals surface area contributed by atoms with Crippen molar-refractivity contribution in [1.82, 2.24) is 20.3 Å². The monoisotopic (exact) mass is 362 g/mol. The number of fused-ring (bicyclic) bond motifs is 2. The summed E-state index contributed by atoms with van der Waals surface area (Å²) in [5, 5.41) is 16.7. The smallest absolute Gasteiger partial charge is 0.255 e. The lowest BCUT2D eigenvalue weighted by atomic mass is 10.1. The van der Waals surface area contributed by atoms with E-state index < -0.39 is 0 Å². The van der Waals surface area contributed by atoms with Gasteiger partial charge in [-0.1, -0.05) is 23.9 Å². The molecule has 2 aliphatic rings. The van der Waals surface area contributed by atoms with Crippen molar-refractivity contribution in [2.45, 2.75) is 0 Å². The average molecular weight is 362 g/mol. The Balaban J connectivity index is 1.33. The van der Waals surface area contributed by atoms with Gasteiger partial charge in [0.25, 0.3) is 5.91 Å². The topological polar surface area (TPSA) is 86.3 Å². The summed E-state index contributed by atoms with van der Waals surface area (Å²) in [5.41, 5.74) is 4.98. The Labute approximate surface area is 153 Å². The van der Waals surface area contributed by atoms with E-state index in [0.717, 1.165) is 35.0 Å². The molecule has 0 spiro atoms. The van der Waals surface area contributed by atoms with Crippen LogP contribution >= 0.6 is 11.8 Å². The zero-order valence-corrected chi connectivity index (χ0v) is 14.5. The number of hydrogen-bond donors (Lipinski definition) is 2. The summed E-state index contributed by atoms with van der Waals surface area (Å²) in [5.74, 6) is -0.174. The fourth-order valence-corrected chi connectivity index (χ4v) is 4.02. The van der Waals surface area contributed by atoms with Crippen molar-refractivity contribution in [2.75, 3.05) is 18.4 Å². The Morgan fingerprint density at radius 2 is 1.96 bits per heavy atom. The molecule has 5 rings (SSSR count). The van der Waals surface area contributed by atoms with Crippen LogP contribution in [0.25, 0.3) is 16.7 Å². The van der Waals surface area contributed by atoms with Crippen LogP contribution in [0.2, 0.25) is 0 Å². The minimum Gasteiger partial charge on any atom is -0.322 e. The van der Waals surface area contributed by atoms with E-state index in [4.69, 9.17) is 0 Å². The Bertz CT molecular complexity index is 1070. The third kappa shape index (κ3) is 2.55. The van der Waals surface area contributed by atoms with Crippen molar-refractivity contribution < 1.29 is 4.79 Å². The van der Waals surface area contributed by atoms with Crippen LogP contribution in [0.3, 0.4) is 0 Å². The minimum atomic E-state index is -0.174. The Morgan fingerprint density at radius 3 is 2.85 bits per heavy atom. The molecule has 0 fully saturated rings. The number of aromatic amines is 1. The number of hydrogen-bond acceptors (Lipinski definition) is 6. The third-order valence-electron chi connectivity index (χ3n) is 4.39. The standard InChI is InChI=1S/C18H14N6OS/c25-17(12-3-6-14-15(9-12)22-23-21-14)20-13-4-1-11(2-5-13)16-10-26-18-19-7-8-24(16)18/h1-6,9-10H,7-8H2,(H,20,25)(H,21,22,23). The number of nitrogens with one attached hydrogen (secondary N) is 2. The normalized spacial score (nSPS) is 15.8. The van der Waals surface area contributed by atoms with E-state index in [9.17, 15) is 4.79 Å². The van der Waals surface area contributed by atoms with Gasteiger partial charge in [-0.05, 0) is 35.9 Å². The molecule has 3 aromatic rings. The molecule has 3 heterocycles. The number of H-pyrrole nitrogens is 1. The average Bonchev–Trinajstić information content (AvgIpc) is 3.38. The van der Waals surface area contributed by atoms with Crippen LogP contribution in [-0.4, -0.2) is 44.5 Å². The molecular formula is C18H14N6OS. The van der Waals surface area contributed by atoms with E-state index in [1.54, 1.807) is 30.0 Å². The molecule has 0 radical (unpaired) electrons. The molecule has 2 aliphatic heterocycles. The number of rotatable bonds is 3. The number of aliphatic imine (C=N–C) groups is 1. The zero-order chi connectivity index (χ0) is 17.5. The molecule has 0 unspecified atom stereocenters. The molecule has 0 aliphatic carbocycles. The lowest BCUT2D eigenvalue weighted by molar-refractivity contribution is 0.102. The third-order valence-corrected chi connectivity index (χ3v) is 5.29. The predicted molar refractivity (Wildman–Crippen MR) is 103 cm³/mol. The van der Waals surface area contributed by atoms with Crippen molar-refractivity contribution in [2.24, 2.45) is 4.99 Å². The van der Waals surface area contributed by atoms with Gasteiger partial charge in [-0.3, -0.25) is 9.79 Å². The number of amides is 1. The van der Waals surface area contributed by atoms with Gasteiger partial charge in [0.15, 0.2) is 5.17 Å². The first-order chi connectivity index (χ1) is 12.8. The van der Waals surface area contributed by atoms with E-state index in [1.807, 2.05) is 24.3 Å². The molecule has 7 nitrogen and oxygen atoms in total. The van der Waals surface area contributed by atoms with Gasteiger partial charge in [0.05, 0.1) is 12.2 Å². The molecule has 2 N–H and O–H groups in total. The molecule has 0 bridgehead atoms. The number of nitrogens with zero attached hydrogens (tertiary/aromatic N) is 4. The number of benzene rings is 2. The number of amidine groups is 1. The van der Waals surface area contributed by atoms with Crippen LogP contribution in [0, 0.1) is 0 Å². The first kappa shape index (κ1) is 15.2. The molecule has 0 saturated carbocycles. The largest absolute Gasteiger partial charge is 0.322 e. The van der Waals surface area contributed by atoms with Crippen LogP contribution in [0.1, 0.15) is 15.9 Å². The summed E-state index contributed by atoms with van der Waals surface area (Å²) >= 11 is 1.66. The summed E-state index contributed by atoms with van der Waals surface area (Å²) < 4.78 is 0. The maximum atomic E-state index is 12.5. The first-order valence-corrected chi connectivity index (χ1v) is 9.07. The van der Waals surface area contributed by atoms with Crippen LogP contribution in [0.15, 0.2) is 52.9 Å². The highest BCUT2D eigenvalue weighted by Crippen LogP contribution is 2.35. The Kier molecular flexibility index (Phi) is 3.49. The second kappa shape index (κ2) is 5.99. The molecule has 0 atom stereocenters. The minimum absolute atomic E-state index is 0.174. The highest BCUT2D eigenvalue weighted by molar-refractivity contribution is 8.16. The van der Waals surface area contributed by atoms with Crippen LogP contribution in [0.4, 0.5) is 5.69 Å². The van der Waals surface area contributed by atoms with E-state index in [0.29, 0.717) is 11.1 Å². The maximum Gasteiger partial charge on any atom is 0.255 e. The van der Waals surface area contributed by atoms with E-state index in [-0.39, 0.29) is 5.91 Å². The van der Waals surface area contributed by atoms with Crippen LogP contribution in [-0.2, 0) is 0 Å². The van der Waals surface area contributed by atoms with Gasteiger partial charge in [0, 0.05) is 23.2 Å². The lowest BCUT2D eigenvalue weighted by Crippen LogP contribution is -2.19. The molecule has 2 aromatic carbocycles. The number of thioether (sulfide) groups is 1. The van der Waals surface area contributed by atoms with Crippen molar-refractivity contribution >= 4 is 45.3 Å². The van der Waals surface area contributed by atoms with Gasteiger partial charge in [-0.15, -0.1) is 0 Å². The molecule has 26 heavy (non-hydrogen) atoms. The van der Waals surface area contributed by atoms with E-state index in [2.05, 4.69) is 36.0 Å². The molecular weight excluding hydrogens is 348 g/mol. The van der Waals surface area contributed by atoms with Crippen molar-refractivity contribution in [3.8, 4) is 0 Å². The van der Waals surface area contributed by atoms with Gasteiger partial charge in [-0.2, -0.15) is 15.4 Å². The molecule has 8 heteroatoms. The number of aromatic nitrogens is 3. The van der Waals surface area contributed by atoms with E-state index >= 15 is 0 Å². The number of carbonyl (C=O) groups excluding carboxylic acids is 1. The van der Waals surface area contributed by atoms with Gasteiger partial charge in [-0.25, -0.2) is 0 Å². The van der Waals surface area contributed by atoms with Crippen molar-refractivity contribution in [3.63, 3.8) is 0 Å². The first-order valence-electron chi connectivity index (χ1n) is 8.19. The van der Waals surface area contributed by atoms with Crippen LogP contribution in [0.5, 0.6) is 0 Å². The van der Waals surface area contributed by atoms with Crippen molar-refractivity contribution in [3.05, 3.63) is 59.0 Å². The van der Waals surface area contributed by atoms with Gasteiger partial charge < -0.3 is 10.2 Å². The fraction of sp³-hybridized carbons (Fsp3) is 0.111. The summed E-state index contributed by atoms with van der Waals surface area (Å²) in [6, 6.07) is 13.1. The summed E-state index contributed by atoms with van der Waals surface area (Å²) in [6.45, 7) is 1.78. The zero-order valence-electron chi connectivity index (χ0n) is 13.6. The Hall–Kier alpha value is -3.13. The van der Waals surface area contributed by atoms with Gasteiger partial charge in [0.1, 0.15) is 11.0 Å². The van der Waals surface area contributed by atoms with Gasteiger partial charge >= 0.3 is 0 Å². The number of carbonyl (C=O) groups is 1. The fourth-order valence-electron chi connectivity index (χ4n) is 3.06. The quantitative estimate of drug-likeness (QED) is 0.748. The SMILES string of the molecule is O=C(Nc1ccc(C2=CSC3=NCCN23)cc1)c1ccc2n[nH]nc2c1. The highest BCUT2D eigenvalue weighted by Gasteiger charge is 2.26. The molecule has 128 valence electrons. The summed E-state index contributed by atoms with van der Waals surface area (Å²) in [7, 11) is 0. The molecule has 0 saturated heterocycles. The summed E-state index contributed by atoms with van der Waals surface area (Å²) in [6.07, 6.45) is 0.